The van der Waals surface area contributed by atoms with Crippen LogP contribution in [0, 0.1) is 18.7 Å². The van der Waals surface area contributed by atoms with E-state index in [2.05, 4.69) is 15.3 Å². The Hall–Kier alpha value is -4.28. The summed E-state index contributed by atoms with van der Waals surface area (Å²) in [7, 11) is 1.46. The van der Waals surface area contributed by atoms with Gasteiger partial charge in [0.2, 0.25) is 5.91 Å². The molecule has 39 heavy (non-hydrogen) atoms. The number of carbonyl (C=O) groups excluding carboxylic acids is 4. The molecule has 0 bridgehead atoms. The highest BCUT2D eigenvalue weighted by Gasteiger charge is 2.58. The normalized spacial score (nSPS) is 17.9. The predicted octanol–water partition coefficient (Wildman–Crippen LogP) is 3.22. The van der Waals surface area contributed by atoms with Crippen molar-refractivity contribution in [3.63, 3.8) is 0 Å². The summed E-state index contributed by atoms with van der Waals surface area (Å²) in [5, 5.41) is 3.52. The number of anilines is 1. The lowest BCUT2D eigenvalue weighted by molar-refractivity contribution is -0.139. The molecule has 0 radical (unpaired) electrons. The zero-order valence-electron chi connectivity index (χ0n) is 22.3. The fraction of sp³-hybridized carbons (Fsp3) is 0.393. The summed E-state index contributed by atoms with van der Waals surface area (Å²) in [6, 6.07) is 6.59. The number of urea groups is 1. The van der Waals surface area contributed by atoms with Crippen LogP contribution in [0.3, 0.4) is 0 Å². The van der Waals surface area contributed by atoms with Crippen LogP contribution in [0.5, 0.6) is 0 Å². The molecule has 3 aromatic rings. The molecule has 4 heterocycles. The van der Waals surface area contributed by atoms with E-state index >= 15 is 0 Å². The van der Waals surface area contributed by atoms with E-state index in [1.807, 2.05) is 12.1 Å². The Labute approximate surface area is 225 Å². The average molecular weight is 535 g/mol. The second kappa shape index (κ2) is 9.79. The van der Waals surface area contributed by atoms with Crippen LogP contribution in [0.1, 0.15) is 42.6 Å². The first-order valence-electron chi connectivity index (χ1n) is 12.9. The minimum absolute atomic E-state index is 0.118. The molecule has 2 aromatic heterocycles. The number of amides is 5. The smallest absolute Gasteiger partial charge is 0.331 e. The molecule has 2 aliphatic rings. The van der Waals surface area contributed by atoms with Crippen molar-refractivity contribution < 1.29 is 23.6 Å². The molecule has 1 atom stereocenters. The Morgan fingerprint density at radius 2 is 1.85 bits per heavy atom. The van der Waals surface area contributed by atoms with E-state index in [1.54, 1.807) is 44.1 Å². The average Bonchev–Trinajstić information content (AvgIpc) is 3.45. The molecule has 204 valence electrons. The molecule has 2 N–H and O–H groups in total. The molecule has 1 spiro atoms. The van der Waals surface area contributed by atoms with Gasteiger partial charge in [-0.25, -0.2) is 14.2 Å². The lowest BCUT2D eigenvalue weighted by atomic mass is 9.85. The summed E-state index contributed by atoms with van der Waals surface area (Å²) in [5.74, 6) is -2.21. The summed E-state index contributed by atoms with van der Waals surface area (Å²) in [6.07, 6.45) is 3.77. The van der Waals surface area contributed by atoms with Gasteiger partial charge in [0.1, 0.15) is 23.0 Å². The first-order valence-corrected chi connectivity index (χ1v) is 12.9. The number of carbonyl (C=O) groups is 4. The van der Waals surface area contributed by atoms with Crippen LogP contribution in [-0.2, 0) is 9.59 Å². The highest BCUT2D eigenvalue weighted by atomic mass is 19.1. The number of nitrogens with zero attached hydrogens (tertiary/aromatic N) is 4. The number of aryl methyl sites for hydroxylation is 1. The number of aromatic nitrogens is 2. The van der Waals surface area contributed by atoms with Crippen molar-refractivity contribution in [2.24, 2.45) is 5.92 Å². The Morgan fingerprint density at radius 1 is 1.13 bits per heavy atom. The van der Waals surface area contributed by atoms with Crippen molar-refractivity contribution >= 4 is 40.5 Å². The van der Waals surface area contributed by atoms with Crippen molar-refractivity contribution in [2.45, 2.75) is 45.2 Å². The zero-order chi connectivity index (χ0) is 28.1. The molecular weight excluding hydrogens is 503 g/mol. The molecule has 2 fully saturated rings. The highest BCUT2D eigenvalue weighted by Crippen LogP contribution is 2.40. The maximum atomic E-state index is 14.3. The highest BCUT2D eigenvalue weighted by molar-refractivity contribution is 6.17. The molecule has 0 unspecified atom stereocenters. The van der Waals surface area contributed by atoms with Crippen LogP contribution < -0.4 is 10.2 Å². The van der Waals surface area contributed by atoms with E-state index in [9.17, 15) is 23.6 Å². The molecule has 0 saturated carbocycles. The minimum Gasteiger partial charge on any atom is -0.346 e. The van der Waals surface area contributed by atoms with Crippen molar-refractivity contribution in [3.05, 3.63) is 59.7 Å². The fourth-order valence-corrected chi connectivity index (χ4v) is 5.51. The number of likely N-dealkylation sites (N-methyl/N-ethyl adjacent to an activating group) is 1. The summed E-state index contributed by atoms with van der Waals surface area (Å²) in [5.41, 5.74) is 0.651. The van der Waals surface area contributed by atoms with Crippen LogP contribution in [0.4, 0.5) is 14.9 Å². The number of aromatic amines is 1. The van der Waals surface area contributed by atoms with Crippen LogP contribution in [-0.4, -0.2) is 75.2 Å². The SMILES string of the molecule is Cc1ccc(F)c(C(=O)N[C@@H](C(=O)N2CCC3(CC2)C(=O)N(C)C(=O)N3c2cnc3[nH]ccc3c2)C(C)C)c1. The predicted molar refractivity (Wildman–Crippen MR) is 143 cm³/mol. The van der Waals surface area contributed by atoms with Crippen LogP contribution >= 0.6 is 0 Å². The van der Waals surface area contributed by atoms with Crippen molar-refractivity contribution in [3.8, 4) is 0 Å². The standard InChI is InChI=1S/C28H31FN6O4/c1-16(2)22(32-24(36)20-13-17(3)5-6-21(20)29)25(37)34-11-8-28(9-12-34)26(38)33(4)27(39)35(28)19-14-18-7-10-30-23(18)31-15-19/h5-7,10,13-16,22H,8-9,11-12H2,1-4H3,(H,30,31)(H,32,36)/t22-/m1/s1. The lowest BCUT2D eigenvalue weighted by Crippen LogP contribution is -2.60. The topological polar surface area (TPSA) is 119 Å². The molecule has 5 amide bonds. The number of rotatable bonds is 5. The zero-order valence-corrected chi connectivity index (χ0v) is 22.3. The lowest BCUT2D eigenvalue weighted by Gasteiger charge is -2.43. The maximum absolute atomic E-state index is 14.3. The van der Waals surface area contributed by atoms with E-state index in [1.165, 1.54) is 24.1 Å². The summed E-state index contributed by atoms with van der Waals surface area (Å²) in [6.45, 7) is 5.79. The van der Waals surface area contributed by atoms with E-state index in [0.29, 0.717) is 11.3 Å². The number of hydrogen-bond acceptors (Lipinski definition) is 5. The van der Waals surface area contributed by atoms with Gasteiger partial charge in [-0.3, -0.25) is 24.2 Å². The number of H-pyrrole nitrogens is 1. The maximum Gasteiger partial charge on any atom is 0.331 e. The van der Waals surface area contributed by atoms with Gasteiger partial charge < -0.3 is 15.2 Å². The first kappa shape index (κ1) is 26.3. The number of pyridine rings is 1. The molecular formula is C28H31FN6O4. The number of benzene rings is 1. The minimum atomic E-state index is -1.14. The van der Waals surface area contributed by atoms with Gasteiger partial charge in [-0.15, -0.1) is 0 Å². The van der Waals surface area contributed by atoms with Gasteiger partial charge in [0.15, 0.2) is 0 Å². The monoisotopic (exact) mass is 534 g/mol. The molecule has 0 aliphatic carbocycles. The van der Waals surface area contributed by atoms with Gasteiger partial charge in [-0.1, -0.05) is 25.5 Å². The van der Waals surface area contributed by atoms with Gasteiger partial charge in [-0.05, 0) is 49.9 Å². The number of likely N-dealkylation sites (tertiary alicyclic amines) is 1. The number of halogens is 1. The third kappa shape index (κ3) is 4.41. The van der Waals surface area contributed by atoms with Gasteiger partial charge >= 0.3 is 6.03 Å². The Kier molecular flexibility index (Phi) is 6.61. The molecule has 2 saturated heterocycles. The van der Waals surface area contributed by atoms with Crippen LogP contribution in [0.25, 0.3) is 11.0 Å². The number of fused-ring (bicyclic) bond motifs is 1. The largest absolute Gasteiger partial charge is 0.346 e. The Morgan fingerprint density at radius 3 is 2.54 bits per heavy atom. The van der Waals surface area contributed by atoms with Crippen molar-refractivity contribution in [1.82, 2.24) is 25.1 Å². The van der Waals surface area contributed by atoms with E-state index < -0.39 is 29.3 Å². The number of hydrogen-bond donors (Lipinski definition) is 2. The third-order valence-electron chi connectivity index (χ3n) is 7.74. The number of imide groups is 1. The first-order chi connectivity index (χ1) is 18.5. The van der Waals surface area contributed by atoms with E-state index in [-0.39, 0.29) is 49.2 Å². The number of nitrogens with one attached hydrogen (secondary N) is 2. The second-order valence-corrected chi connectivity index (χ2v) is 10.6. The quantitative estimate of drug-likeness (QED) is 0.488. The summed E-state index contributed by atoms with van der Waals surface area (Å²) in [4.78, 5) is 64.7. The Balaban J connectivity index is 1.36. The van der Waals surface area contributed by atoms with Crippen LogP contribution in [0.15, 0.2) is 42.7 Å². The molecule has 11 heteroatoms. The van der Waals surface area contributed by atoms with Crippen molar-refractivity contribution in [1.29, 1.82) is 0 Å². The number of piperidine rings is 1. The molecule has 5 rings (SSSR count). The van der Waals surface area contributed by atoms with Gasteiger partial charge in [0.05, 0.1) is 17.4 Å². The molecule has 1 aromatic carbocycles. The molecule has 10 nitrogen and oxygen atoms in total. The fourth-order valence-electron chi connectivity index (χ4n) is 5.51. The van der Waals surface area contributed by atoms with E-state index in [0.717, 1.165) is 15.8 Å². The Bertz CT molecular complexity index is 1480. The van der Waals surface area contributed by atoms with Gasteiger partial charge in [-0.2, -0.15) is 0 Å². The van der Waals surface area contributed by atoms with Gasteiger partial charge in [0.25, 0.3) is 11.8 Å². The van der Waals surface area contributed by atoms with Crippen molar-refractivity contribution in [2.75, 3.05) is 25.0 Å². The van der Waals surface area contributed by atoms with E-state index in [4.69, 9.17) is 0 Å². The molecule has 2 aliphatic heterocycles. The summed E-state index contributed by atoms with van der Waals surface area (Å²) < 4.78 is 14.3. The van der Waals surface area contributed by atoms with Crippen LogP contribution in [0.2, 0.25) is 0 Å². The summed E-state index contributed by atoms with van der Waals surface area (Å²) >= 11 is 0. The second-order valence-electron chi connectivity index (χ2n) is 10.6. The third-order valence-corrected chi connectivity index (χ3v) is 7.74. The van der Waals surface area contributed by atoms with Gasteiger partial charge in [0, 0.05) is 31.7 Å².